The number of aliphatic hydroxyl groups excluding tert-OH is 1. The maximum atomic E-state index is 13.4. The van der Waals surface area contributed by atoms with E-state index in [1.807, 2.05) is 0 Å². The van der Waals surface area contributed by atoms with Crippen molar-refractivity contribution >= 4 is 11.4 Å². The number of carbonyl (C=O) groups excluding carboxylic acids is 1. The number of hydrogen-bond acceptors (Lipinski definition) is 2. The Morgan fingerprint density at radius 3 is 2.50 bits per heavy atom. The molecule has 123 valence electrons. The predicted octanol–water partition coefficient (Wildman–Crippen LogP) is 4.10. The van der Waals surface area contributed by atoms with E-state index in [-0.39, 0.29) is 43.6 Å². The van der Waals surface area contributed by atoms with E-state index in [0.29, 0.717) is 18.5 Å². The normalized spacial score (nSPS) is 16.5. The Morgan fingerprint density at radius 1 is 1.41 bits per heavy atom. The molecule has 1 aromatic heterocycles. The summed E-state index contributed by atoms with van der Waals surface area (Å²) in [5, 5.41) is 8.40. The van der Waals surface area contributed by atoms with Crippen molar-refractivity contribution in [1.82, 2.24) is 4.98 Å². The molecule has 0 aromatic carbocycles. The number of halogens is 2. The third kappa shape index (κ3) is 7.05. The Kier molecular flexibility index (Phi) is 8.98. The number of allylic oxidation sites excluding steroid dienone is 4. The molecule has 2 N–H and O–H groups in total. The van der Waals surface area contributed by atoms with Crippen molar-refractivity contribution in [1.29, 1.82) is 0 Å². The Bertz CT molecular complexity index is 538. The maximum absolute atomic E-state index is 13.4. The number of pyridine rings is 1. The largest absolute Gasteiger partial charge is 0.512 e. The first-order chi connectivity index (χ1) is 9.83. The van der Waals surface area contributed by atoms with Gasteiger partial charge in [-0.1, -0.05) is 18.2 Å². The minimum atomic E-state index is -2.76. The van der Waals surface area contributed by atoms with Gasteiger partial charge in [-0.05, 0) is 13.0 Å². The number of ketones is 1. The van der Waals surface area contributed by atoms with Crippen molar-refractivity contribution in [2.24, 2.45) is 0 Å². The number of nitrogens with zero attached hydrogens (tertiary/aromatic N) is 1. The molecule has 3 nitrogen and oxygen atoms in total. The molecule has 1 heterocycles. The first-order valence-corrected chi connectivity index (χ1v) is 6.63. The van der Waals surface area contributed by atoms with Gasteiger partial charge < -0.3 is 10.1 Å². The molecule has 0 bridgehead atoms. The van der Waals surface area contributed by atoms with Gasteiger partial charge in [0.15, 0.2) is 0 Å². The SMILES string of the molecule is CC(=[OH+])/C=C(/C)O.FC1(F)CCC[C-]=C1c1ccccn1.[Ir]. The van der Waals surface area contributed by atoms with Crippen LogP contribution in [0.2, 0.25) is 0 Å². The fraction of sp³-hybridized carbons (Fsp3) is 0.375. The molecular formula is C16H19F2IrNO2. The molecule has 0 aliphatic heterocycles. The Hall–Kier alpha value is -1.39. The molecular weight excluding hydrogens is 468 g/mol. The minimum Gasteiger partial charge on any atom is -0.512 e. The van der Waals surface area contributed by atoms with Gasteiger partial charge in [0.1, 0.15) is 0 Å². The Labute approximate surface area is 142 Å². The smallest absolute Gasteiger partial charge is 0.316 e. The van der Waals surface area contributed by atoms with E-state index in [1.165, 1.54) is 26.1 Å². The second-order valence-corrected chi connectivity index (χ2v) is 4.75. The minimum absolute atomic E-state index is 0. The van der Waals surface area contributed by atoms with Crippen LogP contribution in [-0.2, 0) is 20.1 Å². The van der Waals surface area contributed by atoms with Gasteiger partial charge >= 0.3 is 5.78 Å². The number of aromatic nitrogens is 1. The van der Waals surface area contributed by atoms with E-state index in [9.17, 15) is 8.78 Å². The number of alkyl halides is 2. The average molecular weight is 488 g/mol. The molecule has 22 heavy (non-hydrogen) atoms. The van der Waals surface area contributed by atoms with Crippen LogP contribution in [0.25, 0.3) is 5.57 Å². The first-order valence-electron chi connectivity index (χ1n) is 6.63. The van der Waals surface area contributed by atoms with Gasteiger partial charge in [-0.2, -0.15) is 0 Å². The molecule has 2 rings (SSSR count). The second kappa shape index (κ2) is 9.59. The van der Waals surface area contributed by atoms with E-state index >= 15 is 0 Å². The van der Waals surface area contributed by atoms with Crippen LogP contribution in [0.15, 0.2) is 36.2 Å². The summed E-state index contributed by atoms with van der Waals surface area (Å²) in [7, 11) is 0. The van der Waals surface area contributed by atoms with Gasteiger partial charge in [0.05, 0.1) is 18.8 Å². The topological polar surface area (TPSA) is 54.5 Å². The van der Waals surface area contributed by atoms with Crippen molar-refractivity contribution in [3.05, 3.63) is 48.0 Å². The van der Waals surface area contributed by atoms with Crippen LogP contribution in [0.3, 0.4) is 0 Å². The molecule has 0 fully saturated rings. The van der Waals surface area contributed by atoms with Gasteiger partial charge in [0, 0.05) is 32.7 Å². The maximum Gasteiger partial charge on any atom is 0.316 e. The molecule has 0 atom stereocenters. The second-order valence-electron chi connectivity index (χ2n) is 4.75. The third-order valence-electron chi connectivity index (χ3n) is 2.67. The van der Waals surface area contributed by atoms with Crippen LogP contribution in [0.1, 0.15) is 38.8 Å². The van der Waals surface area contributed by atoms with Gasteiger partial charge in [-0.15, -0.1) is 18.1 Å². The van der Waals surface area contributed by atoms with Crippen molar-refractivity contribution in [3.63, 3.8) is 0 Å². The van der Waals surface area contributed by atoms with Crippen molar-refractivity contribution in [2.75, 3.05) is 0 Å². The quantitative estimate of drug-likeness (QED) is 0.296. The van der Waals surface area contributed by atoms with Crippen LogP contribution < -0.4 is 0 Å². The molecule has 1 aliphatic carbocycles. The van der Waals surface area contributed by atoms with Gasteiger partial charge in [-0.25, -0.2) is 8.78 Å². The summed E-state index contributed by atoms with van der Waals surface area (Å²) in [5.74, 6) is -2.51. The van der Waals surface area contributed by atoms with E-state index < -0.39 is 5.92 Å². The zero-order valence-corrected chi connectivity index (χ0v) is 14.8. The van der Waals surface area contributed by atoms with Gasteiger partial charge in [0.2, 0.25) is 5.92 Å². The fourth-order valence-corrected chi connectivity index (χ4v) is 1.87. The summed E-state index contributed by atoms with van der Waals surface area (Å²) in [6, 6.07) is 5.02. The zero-order valence-electron chi connectivity index (χ0n) is 12.4. The first kappa shape index (κ1) is 20.6. The molecule has 0 spiro atoms. The van der Waals surface area contributed by atoms with Crippen molar-refractivity contribution < 1.29 is 38.8 Å². The zero-order chi connectivity index (χ0) is 15.9. The Balaban J connectivity index is 0.000000478. The average Bonchev–Trinajstić information content (AvgIpc) is 2.38. The van der Waals surface area contributed by atoms with Gasteiger partial charge in [0.25, 0.3) is 0 Å². The summed E-state index contributed by atoms with van der Waals surface area (Å²) >= 11 is 0. The molecule has 1 aliphatic rings. The van der Waals surface area contributed by atoms with Crippen LogP contribution in [-0.4, -0.2) is 26.6 Å². The number of hydrogen-bond donors (Lipinski definition) is 1. The predicted molar refractivity (Wildman–Crippen MR) is 78.7 cm³/mol. The fourth-order valence-electron chi connectivity index (χ4n) is 1.87. The molecule has 0 amide bonds. The molecule has 0 saturated carbocycles. The third-order valence-corrected chi connectivity index (χ3v) is 2.67. The molecule has 0 unspecified atom stereocenters. The van der Waals surface area contributed by atoms with E-state index in [2.05, 4.69) is 11.1 Å². The van der Waals surface area contributed by atoms with Crippen LogP contribution in [0, 0.1) is 6.08 Å². The van der Waals surface area contributed by atoms with Crippen molar-refractivity contribution in [3.8, 4) is 0 Å². The Morgan fingerprint density at radius 2 is 2.09 bits per heavy atom. The summed E-state index contributed by atoms with van der Waals surface area (Å²) in [6.07, 6.45) is 6.54. The van der Waals surface area contributed by atoms with Crippen LogP contribution in [0.5, 0.6) is 0 Å². The number of rotatable bonds is 2. The summed E-state index contributed by atoms with van der Waals surface area (Å²) < 4.78 is 26.8. The molecule has 1 radical (unpaired) electrons. The standard InChI is InChI=1S/C11H10F2N.C5H8O2.Ir/c12-11(13)7-3-1-5-9(11)10-6-2-4-8-14-10;1-4(6)3-5(2)7;/h2,4,6,8H,1,3,7H2;3,6H,1-2H3;/q-1;;/p+1/b;4-3-;. The molecule has 6 heteroatoms. The molecule has 0 saturated heterocycles. The van der Waals surface area contributed by atoms with Crippen molar-refractivity contribution in [2.45, 2.75) is 39.0 Å². The monoisotopic (exact) mass is 488 g/mol. The van der Waals surface area contributed by atoms with Crippen LogP contribution in [0.4, 0.5) is 8.78 Å². The van der Waals surface area contributed by atoms with Crippen LogP contribution >= 0.6 is 0 Å². The summed E-state index contributed by atoms with van der Waals surface area (Å²) in [5.41, 5.74) is 0.307. The van der Waals surface area contributed by atoms with E-state index in [4.69, 9.17) is 9.90 Å². The van der Waals surface area contributed by atoms with E-state index in [0.717, 1.165) is 0 Å². The summed E-state index contributed by atoms with van der Waals surface area (Å²) in [6.45, 7) is 3.00. The van der Waals surface area contributed by atoms with E-state index in [1.54, 1.807) is 18.2 Å². The van der Waals surface area contributed by atoms with Gasteiger partial charge in [-0.3, -0.25) is 10.9 Å². The molecule has 1 aromatic rings. The summed E-state index contributed by atoms with van der Waals surface area (Å²) in [4.78, 5) is 12.3. The number of aliphatic hydroxyl groups is 1.